The van der Waals surface area contributed by atoms with Crippen LogP contribution in [0, 0.1) is 0 Å². The lowest BCUT2D eigenvalue weighted by Crippen LogP contribution is -2.53. The Morgan fingerprint density at radius 2 is 1.82 bits per heavy atom. The number of hydrogen-bond donors (Lipinski definition) is 0. The summed E-state index contributed by atoms with van der Waals surface area (Å²) >= 11 is 3.24. The number of carbonyl (C=O) groups excluding carboxylic acids is 1. The minimum atomic E-state index is -3.55. The fourth-order valence-electron chi connectivity index (χ4n) is 3.82. The van der Waals surface area contributed by atoms with Crippen molar-refractivity contribution in [3.05, 3.63) is 46.7 Å². The summed E-state index contributed by atoms with van der Waals surface area (Å²) in [6, 6.07) is 10.2. The SMILES string of the molecule is COc1ccc(S(=O)(=O)N2CCC3(CC2)SCCN3C(=O)c2cccs2)cc1. The minimum Gasteiger partial charge on any atom is -0.497 e. The summed E-state index contributed by atoms with van der Waals surface area (Å²) in [5.41, 5.74) is 0. The van der Waals surface area contributed by atoms with E-state index >= 15 is 0 Å². The Morgan fingerprint density at radius 3 is 2.43 bits per heavy atom. The van der Waals surface area contributed by atoms with Crippen LogP contribution in [0.15, 0.2) is 46.7 Å². The van der Waals surface area contributed by atoms with Crippen LogP contribution in [-0.2, 0) is 10.0 Å². The van der Waals surface area contributed by atoms with Crippen molar-refractivity contribution in [2.24, 2.45) is 0 Å². The zero-order valence-electron chi connectivity index (χ0n) is 15.5. The summed E-state index contributed by atoms with van der Waals surface area (Å²) in [4.78, 5) is 15.6. The van der Waals surface area contributed by atoms with Crippen LogP contribution in [0.25, 0.3) is 0 Å². The molecule has 2 saturated heterocycles. The van der Waals surface area contributed by atoms with Crippen molar-refractivity contribution in [3.8, 4) is 5.75 Å². The van der Waals surface area contributed by atoms with Gasteiger partial charge in [0, 0.05) is 25.4 Å². The lowest BCUT2D eigenvalue weighted by Gasteiger charge is -2.43. The Labute approximate surface area is 173 Å². The Morgan fingerprint density at radius 1 is 1.11 bits per heavy atom. The van der Waals surface area contributed by atoms with Gasteiger partial charge in [-0.3, -0.25) is 4.79 Å². The molecule has 1 aromatic carbocycles. The number of sulfonamides is 1. The maximum Gasteiger partial charge on any atom is 0.265 e. The summed E-state index contributed by atoms with van der Waals surface area (Å²) in [6.07, 6.45) is 1.29. The quantitative estimate of drug-likeness (QED) is 0.734. The molecule has 0 bridgehead atoms. The van der Waals surface area contributed by atoms with Gasteiger partial charge < -0.3 is 9.64 Å². The third-order valence-electron chi connectivity index (χ3n) is 5.36. The van der Waals surface area contributed by atoms with Gasteiger partial charge in [-0.25, -0.2) is 8.42 Å². The van der Waals surface area contributed by atoms with E-state index < -0.39 is 10.0 Å². The van der Waals surface area contributed by atoms with Crippen molar-refractivity contribution in [2.45, 2.75) is 22.6 Å². The first-order valence-electron chi connectivity index (χ1n) is 9.10. The first kappa shape index (κ1) is 19.8. The largest absolute Gasteiger partial charge is 0.497 e. The average Bonchev–Trinajstić information content (AvgIpc) is 3.39. The molecule has 0 saturated carbocycles. The van der Waals surface area contributed by atoms with Gasteiger partial charge >= 0.3 is 0 Å². The molecule has 0 radical (unpaired) electrons. The molecule has 1 amide bonds. The van der Waals surface area contributed by atoms with Crippen LogP contribution in [-0.4, -0.2) is 60.9 Å². The lowest BCUT2D eigenvalue weighted by atomic mass is 10.0. The number of hydrogen-bond acceptors (Lipinski definition) is 6. The maximum absolute atomic E-state index is 13.0. The molecule has 1 aromatic heterocycles. The average molecular weight is 439 g/mol. The molecule has 0 unspecified atom stereocenters. The highest BCUT2D eigenvalue weighted by Gasteiger charge is 2.48. The summed E-state index contributed by atoms with van der Waals surface area (Å²) < 4.78 is 32.6. The molecule has 2 fully saturated rings. The van der Waals surface area contributed by atoms with Crippen LogP contribution in [0.5, 0.6) is 5.75 Å². The third kappa shape index (κ3) is 3.45. The lowest BCUT2D eigenvalue weighted by molar-refractivity contribution is 0.0610. The number of benzene rings is 1. The van der Waals surface area contributed by atoms with E-state index in [1.807, 2.05) is 22.4 Å². The standard InChI is InChI=1S/C19H22N2O4S3/c1-25-15-4-6-16(7-5-15)28(23,24)20-10-8-19(9-11-20)21(12-14-27-19)18(22)17-3-2-13-26-17/h2-7,13H,8-12,14H2,1H3. The van der Waals surface area contributed by atoms with Gasteiger partial charge in [-0.2, -0.15) is 4.31 Å². The highest BCUT2D eigenvalue weighted by molar-refractivity contribution is 8.00. The molecular formula is C19H22N2O4S3. The minimum absolute atomic E-state index is 0.0615. The second-order valence-corrected chi connectivity index (χ2v) is 11.2. The van der Waals surface area contributed by atoms with Crippen molar-refractivity contribution in [3.63, 3.8) is 0 Å². The number of rotatable bonds is 4. The topological polar surface area (TPSA) is 66.9 Å². The fraction of sp³-hybridized carbons (Fsp3) is 0.421. The number of ether oxygens (including phenoxy) is 1. The van der Waals surface area contributed by atoms with Crippen molar-refractivity contribution in [1.82, 2.24) is 9.21 Å². The molecule has 4 rings (SSSR count). The van der Waals surface area contributed by atoms with Crippen LogP contribution in [0.2, 0.25) is 0 Å². The van der Waals surface area contributed by atoms with Gasteiger partial charge in [0.15, 0.2) is 0 Å². The van der Waals surface area contributed by atoms with E-state index in [2.05, 4.69) is 0 Å². The number of piperidine rings is 1. The molecule has 150 valence electrons. The second kappa shape index (κ2) is 7.70. The van der Waals surface area contributed by atoms with Crippen LogP contribution in [0.3, 0.4) is 0 Å². The molecule has 1 spiro atoms. The van der Waals surface area contributed by atoms with Crippen LogP contribution < -0.4 is 4.74 Å². The van der Waals surface area contributed by atoms with Gasteiger partial charge in [0.25, 0.3) is 5.91 Å². The summed E-state index contributed by atoms with van der Waals surface area (Å²) in [7, 11) is -2.00. The number of thioether (sulfide) groups is 1. The monoisotopic (exact) mass is 438 g/mol. The molecule has 0 aliphatic carbocycles. The number of carbonyl (C=O) groups is 1. The van der Waals surface area contributed by atoms with Crippen LogP contribution >= 0.6 is 23.1 Å². The Balaban J connectivity index is 1.49. The van der Waals surface area contributed by atoms with E-state index in [1.165, 1.54) is 15.6 Å². The van der Waals surface area contributed by atoms with Gasteiger partial charge in [0.1, 0.15) is 5.75 Å². The van der Waals surface area contributed by atoms with E-state index in [1.54, 1.807) is 43.1 Å². The van der Waals surface area contributed by atoms with E-state index in [0.29, 0.717) is 38.2 Å². The predicted molar refractivity (Wildman–Crippen MR) is 112 cm³/mol. The fourth-order valence-corrected chi connectivity index (χ4v) is 7.38. The third-order valence-corrected chi connectivity index (χ3v) is 9.68. The maximum atomic E-state index is 13.0. The summed E-state index contributed by atoms with van der Waals surface area (Å²) in [5, 5.41) is 1.91. The molecule has 3 heterocycles. The van der Waals surface area contributed by atoms with Crippen molar-refractivity contribution in [2.75, 3.05) is 32.5 Å². The number of amides is 1. The Bertz CT molecular complexity index is 934. The Kier molecular flexibility index (Phi) is 5.43. The van der Waals surface area contributed by atoms with Crippen LogP contribution in [0.4, 0.5) is 0 Å². The molecule has 2 aliphatic heterocycles. The van der Waals surface area contributed by atoms with Gasteiger partial charge in [-0.15, -0.1) is 23.1 Å². The zero-order valence-corrected chi connectivity index (χ0v) is 18.0. The predicted octanol–water partition coefficient (Wildman–Crippen LogP) is 3.13. The molecule has 28 heavy (non-hydrogen) atoms. The molecule has 9 heteroatoms. The number of methoxy groups -OCH3 is 1. The first-order chi connectivity index (χ1) is 13.5. The van der Waals surface area contributed by atoms with E-state index in [9.17, 15) is 13.2 Å². The first-order valence-corrected chi connectivity index (χ1v) is 12.4. The molecule has 2 aromatic rings. The van der Waals surface area contributed by atoms with Gasteiger partial charge in [-0.05, 0) is 48.6 Å². The highest BCUT2D eigenvalue weighted by Crippen LogP contribution is 2.45. The molecule has 6 nitrogen and oxygen atoms in total. The van der Waals surface area contributed by atoms with Crippen molar-refractivity contribution < 1.29 is 17.9 Å². The van der Waals surface area contributed by atoms with Gasteiger partial charge in [-0.1, -0.05) is 6.07 Å². The van der Waals surface area contributed by atoms with Gasteiger partial charge in [0.05, 0.1) is 21.8 Å². The zero-order chi connectivity index (χ0) is 19.8. The molecule has 0 N–H and O–H groups in total. The van der Waals surface area contributed by atoms with Crippen molar-refractivity contribution in [1.29, 1.82) is 0 Å². The van der Waals surface area contributed by atoms with E-state index in [4.69, 9.17) is 4.74 Å². The smallest absolute Gasteiger partial charge is 0.265 e. The number of nitrogens with zero attached hydrogens (tertiary/aromatic N) is 2. The normalized spacial score (nSPS) is 19.8. The van der Waals surface area contributed by atoms with Crippen LogP contribution in [0.1, 0.15) is 22.5 Å². The molecular weight excluding hydrogens is 416 g/mol. The number of thiophene rings is 1. The highest BCUT2D eigenvalue weighted by atomic mass is 32.2. The van der Waals surface area contributed by atoms with E-state index in [-0.39, 0.29) is 15.7 Å². The second-order valence-electron chi connectivity index (χ2n) is 6.81. The molecule has 0 atom stereocenters. The summed E-state index contributed by atoms with van der Waals surface area (Å²) in [6.45, 7) is 1.54. The van der Waals surface area contributed by atoms with E-state index in [0.717, 1.165) is 10.6 Å². The summed E-state index contributed by atoms with van der Waals surface area (Å²) in [5.74, 6) is 1.58. The molecule has 2 aliphatic rings. The van der Waals surface area contributed by atoms with Gasteiger partial charge in [0.2, 0.25) is 10.0 Å². The van der Waals surface area contributed by atoms with Crippen molar-refractivity contribution >= 4 is 39.0 Å². The Hall–Kier alpha value is -1.55.